The largest absolute Gasteiger partial charge is 0.316 e. The minimum atomic E-state index is -0.171. The highest BCUT2D eigenvalue weighted by Crippen LogP contribution is 2.25. The lowest BCUT2D eigenvalue weighted by atomic mass is 10.0. The molecule has 0 radical (unpaired) electrons. The van der Waals surface area contributed by atoms with E-state index in [0.717, 1.165) is 23.2 Å². The second kappa shape index (κ2) is 5.31. The summed E-state index contributed by atoms with van der Waals surface area (Å²) in [4.78, 5) is 0. The van der Waals surface area contributed by atoms with Crippen LogP contribution in [0.3, 0.4) is 0 Å². The van der Waals surface area contributed by atoms with E-state index in [1.165, 1.54) is 6.07 Å². The Bertz CT molecular complexity index is 546. The van der Waals surface area contributed by atoms with Gasteiger partial charge in [0.15, 0.2) is 0 Å². The van der Waals surface area contributed by atoms with Gasteiger partial charge in [0.05, 0.1) is 5.69 Å². The van der Waals surface area contributed by atoms with Crippen LogP contribution in [0.25, 0.3) is 11.1 Å². The molecular formula is C14H18FN3. The molecule has 0 unspecified atom stereocenters. The van der Waals surface area contributed by atoms with Gasteiger partial charge in [-0.15, -0.1) is 0 Å². The summed E-state index contributed by atoms with van der Waals surface area (Å²) >= 11 is 0. The van der Waals surface area contributed by atoms with Crippen LogP contribution in [0.2, 0.25) is 0 Å². The molecule has 0 atom stereocenters. The summed E-state index contributed by atoms with van der Waals surface area (Å²) in [6.07, 6.45) is 2.85. The lowest BCUT2D eigenvalue weighted by Gasteiger charge is -2.06. The Hall–Kier alpha value is -1.68. The molecule has 4 heteroatoms. The standard InChI is InChI=1S/C14H18FN3/c1-4-14-12(9-18(3)17-14)10-5-6-13(15)11(7-10)8-16-2/h5-7,9,16H,4,8H2,1-3H3. The Morgan fingerprint density at radius 3 is 2.83 bits per heavy atom. The molecule has 0 aliphatic rings. The zero-order chi connectivity index (χ0) is 13.1. The van der Waals surface area contributed by atoms with Gasteiger partial charge in [0, 0.05) is 30.9 Å². The third kappa shape index (κ3) is 2.43. The van der Waals surface area contributed by atoms with E-state index in [0.29, 0.717) is 12.1 Å². The van der Waals surface area contributed by atoms with Gasteiger partial charge >= 0.3 is 0 Å². The smallest absolute Gasteiger partial charge is 0.127 e. The summed E-state index contributed by atoms with van der Waals surface area (Å²) < 4.78 is 15.4. The van der Waals surface area contributed by atoms with E-state index in [1.807, 2.05) is 32.4 Å². The van der Waals surface area contributed by atoms with Gasteiger partial charge in [0.1, 0.15) is 5.82 Å². The van der Waals surface area contributed by atoms with Gasteiger partial charge in [-0.2, -0.15) is 5.10 Å². The number of hydrogen-bond donors (Lipinski definition) is 1. The maximum absolute atomic E-state index is 13.6. The Morgan fingerprint density at radius 2 is 2.17 bits per heavy atom. The Balaban J connectivity index is 2.46. The quantitative estimate of drug-likeness (QED) is 0.899. The Kier molecular flexibility index (Phi) is 3.77. The van der Waals surface area contributed by atoms with Gasteiger partial charge in [-0.25, -0.2) is 4.39 Å². The van der Waals surface area contributed by atoms with Crippen molar-refractivity contribution in [2.45, 2.75) is 19.9 Å². The molecule has 2 rings (SSSR count). The Labute approximate surface area is 107 Å². The van der Waals surface area contributed by atoms with Gasteiger partial charge < -0.3 is 5.32 Å². The van der Waals surface area contributed by atoms with Crippen LogP contribution in [-0.2, 0) is 20.0 Å². The molecular weight excluding hydrogens is 229 g/mol. The van der Waals surface area contributed by atoms with Crippen molar-refractivity contribution in [3.63, 3.8) is 0 Å². The molecule has 0 spiro atoms. The van der Waals surface area contributed by atoms with Crippen LogP contribution in [-0.4, -0.2) is 16.8 Å². The van der Waals surface area contributed by atoms with Crippen LogP contribution in [0, 0.1) is 5.82 Å². The number of aryl methyl sites for hydroxylation is 2. The maximum atomic E-state index is 13.6. The van der Waals surface area contributed by atoms with Gasteiger partial charge in [-0.1, -0.05) is 13.0 Å². The van der Waals surface area contributed by atoms with E-state index in [9.17, 15) is 4.39 Å². The van der Waals surface area contributed by atoms with E-state index >= 15 is 0 Å². The lowest BCUT2D eigenvalue weighted by Crippen LogP contribution is -2.07. The summed E-state index contributed by atoms with van der Waals surface area (Å²) in [6, 6.07) is 5.22. The number of benzene rings is 1. The fourth-order valence-corrected chi connectivity index (χ4v) is 2.10. The number of hydrogen-bond acceptors (Lipinski definition) is 2. The molecule has 0 amide bonds. The van der Waals surface area contributed by atoms with Gasteiger partial charge in [0.25, 0.3) is 0 Å². The van der Waals surface area contributed by atoms with Crippen LogP contribution in [0.15, 0.2) is 24.4 Å². The molecule has 0 aliphatic heterocycles. The first-order chi connectivity index (χ1) is 8.65. The van der Waals surface area contributed by atoms with Crippen molar-refractivity contribution < 1.29 is 4.39 Å². The van der Waals surface area contributed by atoms with Crippen LogP contribution in [0.5, 0.6) is 0 Å². The number of nitrogens with zero attached hydrogens (tertiary/aromatic N) is 2. The summed E-state index contributed by atoms with van der Waals surface area (Å²) in [6.45, 7) is 2.60. The fraction of sp³-hybridized carbons (Fsp3) is 0.357. The highest BCUT2D eigenvalue weighted by Gasteiger charge is 2.10. The zero-order valence-electron chi connectivity index (χ0n) is 11.0. The number of halogens is 1. The van der Waals surface area contributed by atoms with E-state index in [-0.39, 0.29) is 5.82 Å². The predicted molar refractivity (Wildman–Crippen MR) is 70.7 cm³/mol. The highest BCUT2D eigenvalue weighted by atomic mass is 19.1. The molecule has 1 aromatic heterocycles. The minimum Gasteiger partial charge on any atom is -0.316 e. The molecule has 0 fully saturated rings. The summed E-state index contributed by atoms with van der Waals surface area (Å²) in [5, 5.41) is 7.39. The average molecular weight is 247 g/mol. The summed E-state index contributed by atoms with van der Waals surface area (Å²) in [5.41, 5.74) is 3.82. The molecule has 0 saturated carbocycles. The third-order valence-electron chi connectivity index (χ3n) is 2.96. The van der Waals surface area contributed by atoms with Crippen molar-refractivity contribution in [2.75, 3.05) is 7.05 Å². The first-order valence-corrected chi connectivity index (χ1v) is 6.11. The van der Waals surface area contributed by atoms with Gasteiger partial charge in [-0.05, 0) is 31.2 Å². The topological polar surface area (TPSA) is 29.9 Å². The Morgan fingerprint density at radius 1 is 1.39 bits per heavy atom. The SMILES string of the molecule is CCc1nn(C)cc1-c1ccc(F)c(CNC)c1. The first kappa shape index (κ1) is 12.8. The molecule has 0 bridgehead atoms. The van der Waals surface area contributed by atoms with E-state index in [1.54, 1.807) is 4.68 Å². The molecule has 18 heavy (non-hydrogen) atoms. The monoisotopic (exact) mass is 247 g/mol. The van der Waals surface area contributed by atoms with Crippen molar-refractivity contribution in [2.24, 2.45) is 7.05 Å². The molecule has 0 aliphatic carbocycles. The molecule has 0 saturated heterocycles. The van der Waals surface area contributed by atoms with Crippen molar-refractivity contribution in [1.29, 1.82) is 0 Å². The van der Waals surface area contributed by atoms with Crippen molar-refractivity contribution in [3.05, 3.63) is 41.5 Å². The molecule has 96 valence electrons. The zero-order valence-corrected chi connectivity index (χ0v) is 11.0. The summed E-state index contributed by atoms with van der Waals surface area (Å²) in [5.74, 6) is -0.171. The molecule has 2 aromatic rings. The second-order valence-corrected chi connectivity index (χ2v) is 4.35. The average Bonchev–Trinajstić information content (AvgIpc) is 2.73. The highest BCUT2D eigenvalue weighted by molar-refractivity contribution is 5.66. The number of aromatic nitrogens is 2. The van der Waals surface area contributed by atoms with Crippen LogP contribution >= 0.6 is 0 Å². The molecule has 1 heterocycles. The number of rotatable bonds is 4. The predicted octanol–water partition coefficient (Wildman–Crippen LogP) is 2.51. The summed E-state index contributed by atoms with van der Waals surface area (Å²) in [7, 11) is 3.72. The van der Waals surface area contributed by atoms with E-state index in [2.05, 4.69) is 17.3 Å². The van der Waals surface area contributed by atoms with Gasteiger partial charge in [-0.3, -0.25) is 4.68 Å². The molecule has 3 nitrogen and oxygen atoms in total. The fourth-order valence-electron chi connectivity index (χ4n) is 2.10. The van der Waals surface area contributed by atoms with E-state index < -0.39 is 0 Å². The first-order valence-electron chi connectivity index (χ1n) is 6.11. The second-order valence-electron chi connectivity index (χ2n) is 4.35. The van der Waals surface area contributed by atoms with Crippen LogP contribution in [0.4, 0.5) is 4.39 Å². The van der Waals surface area contributed by atoms with Crippen molar-refractivity contribution >= 4 is 0 Å². The molecule has 1 N–H and O–H groups in total. The van der Waals surface area contributed by atoms with Gasteiger partial charge in [0.2, 0.25) is 0 Å². The van der Waals surface area contributed by atoms with Crippen LogP contribution < -0.4 is 5.32 Å². The normalized spacial score (nSPS) is 10.9. The maximum Gasteiger partial charge on any atom is 0.127 e. The number of nitrogens with one attached hydrogen (secondary N) is 1. The van der Waals surface area contributed by atoms with E-state index in [4.69, 9.17) is 0 Å². The van der Waals surface area contributed by atoms with Crippen molar-refractivity contribution in [1.82, 2.24) is 15.1 Å². The lowest BCUT2D eigenvalue weighted by molar-refractivity contribution is 0.601. The van der Waals surface area contributed by atoms with Crippen LogP contribution in [0.1, 0.15) is 18.2 Å². The minimum absolute atomic E-state index is 0.171. The molecule has 1 aromatic carbocycles. The third-order valence-corrected chi connectivity index (χ3v) is 2.96. The van der Waals surface area contributed by atoms with Crippen molar-refractivity contribution in [3.8, 4) is 11.1 Å².